The Morgan fingerprint density at radius 1 is 1.15 bits per heavy atom. The summed E-state index contributed by atoms with van der Waals surface area (Å²) in [5, 5.41) is 16.4. The highest BCUT2D eigenvalue weighted by molar-refractivity contribution is 7.16. The molecule has 3 aromatic rings. The topological polar surface area (TPSA) is 106 Å². The maximum Gasteiger partial charge on any atom is 0.325 e. The molecule has 0 unspecified atom stereocenters. The Hall–Kier alpha value is -3.46. The Morgan fingerprint density at radius 2 is 1.92 bits per heavy atom. The fraction of sp³-hybridized carbons (Fsp3) is 0.0588. The highest BCUT2D eigenvalue weighted by Gasteiger charge is 2.22. The number of benzene rings is 2. The molecule has 130 valence electrons. The summed E-state index contributed by atoms with van der Waals surface area (Å²) in [5.41, 5.74) is 2.11. The van der Waals surface area contributed by atoms with E-state index >= 15 is 0 Å². The van der Waals surface area contributed by atoms with Gasteiger partial charge in [-0.05, 0) is 24.3 Å². The molecule has 0 saturated heterocycles. The van der Waals surface area contributed by atoms with Crippen LogP contribution in [-0.4, -0.2) is 15.9 Å². The number of aromatic nitrogens is 1. The second-order valence-electron chi connectivity index (χ2n) is 5.46. The van der Waals surface area contributed by atoms with E-state index < -0.39 is 11.0 Å². The van der Waals surface area contributed by atoms with Gasteiger partial charge >= 0.3 is 6.03 Å². The standard InChI is InChI=1S/C17H12N4O4S/c22-16(18-10-5-7-11(8-6-10)21(23)24)20-17-19-15-12-3-1-2-4-13(12)25-9-14(15)26-17/h1-8H,9H2,(H2,18,19,20,22). The summed E-state index contributed by atoms with van der Waals surface area (Å²) in [4.78, 5) is 27.7. The molecule has 0 bridgehead atoms. The first kappa shape index (κ1) is 16.0. The summed E-state index contributed by atoms with van der Waals surface area (Å²) in [7, 11) is 0. The number of urea groups is 1. The van der Waals surface area contributed by atoms with Crippen LogP contribution in [0.4, 0.5) is 21.3 Å². The lowest BCUT2D eigenvalue weighted by molar-refractivity contribution is -0.384. The summed E-state index contributed by atoms with van der Waals surface area (Å²) in [5.74, 6) is 0.771. The van der Waals surface area contributed by atoms with E-state index in [2.05, 4.69) is 15.6 Å². The maximum absolute atomic E-state index is 12.1. The van der Waals surface area contributed by atoms with Gasteiger partial charge in [-0.1, -0.05) is 23.5 Å². The number of carbonyl (C=O) groups excluding carboxylic acids is 1. The van der Waals surface area contributed by atoms with Crippen molar-refractivity contribution in [1.82, 2.24) is 4.98 Å². The molecule has 0 atom stereocenters. The predicted molar refractivity (Wildman–Crippen MR) is 97.6 cm³/mol. The van der Waals surface area contributed by atoms with Gasteiger partial charge in [0.05, 0.1) is 15.5 Å². The van der Waals surface area contributed by atoms with Crippen LogP contribution in [0.5, 0.6) is 5.75 Å². The molecule has 9 heteroatoms. The SMILES string of the molecule is O=C(Nc1ccc([N+](=O)[O-])cc1)Nc1nc2c(s1)COc1ccccc1-2. The lowest BCUT2D eigenvalue weighted by Crippen LogP contribution is -2.19. The monoisotopic (exact) mass is 368 g/mol. The zero-order valence-electron chi connectivity index (χ0n) is 13.3. The van der Waals surface area contributed by atoms with Crippen LogP contribution in [-0.2, 0) is 6.61 Å². The molecule has 2 N–H and O–H groups in total. The first-order valence-corrected chi connectivity index (χ1v) is 8.46. The number of amides is 2. The highest BCUT2D eigenvalue weighted by atomic mass is 32.1. The Kier molecular flexibility index (Phi) is 3.98. The van der Waals surface area contributed by atoms with Crippen molar-refractivity contribution in [2.45, 2.75) is 6.61 Å². The molecule has 26 heavy (non-hydrogen) atoms. The fourth-order valence-electron chi connectivity index (χ4n) is 2.57. The molecule has 0 spiro atoms. The zero-order chi connectivity index (χ0) is 18.1. The van der Waals surface area contributed by atoms with Crippen LogP contribution in [0, 0.1) is 10.1 Å². The normalized spacial score (nSPS) is 11.7. The van der Waals surface area contributed by atoms with Gasteiger partial charge in [0.15, 0.2) is 5.13 Å². The second-order valence-corrected chi connectivity index (χ2v) is 6.54. The number of anilines is 2. The number of non-ortho nitro benzene ring substituents is 1. The number of hydrogen-bond donors (Lipinski definition) is 2. The lowest BCUT2D eigenvalue weighted by Gasteiger charge is -2.15. The average molecular weight is 368 g/mol. The Bertz CT molecular complexity index is 1000. The van der Waals surface area contributed by atoms with Gasteiger partial charge in [-0.25, -0.2) is 9.78 Å². The number of thiazole rings is 1. The van der Waals surface area contributed by atoms with Gasteiger partial charge in [0.1, 0.15) is 12.4 Å². The third-order valence-electron chi connectivity index (χ3n) is 3.75. The number of rotatable bonds is 3. The predicted octanol–water partition coefficient (Wildman–Crippen LogP) is 4.25. The molecule has 0 radical (unpaired) electrons. The summed E-state index contributed by atoms with van der Waals surface area (Å²) in [6, 6.07) is 12.7. The molecule has 0 fully saturated rings. The Labute approximate surface area is 151 Å². The molecule has 1 aliphatic heterocycles. The van der Waals surface area contributed by atoms with E-state index in [1.165, 1.54) is 35.6 Å². The van der Waals surface area contributed by atoms with Crippen LogP contribution in [0.25, 0.3) is 11.3 Å². The van der Waals surface area contributed by atoms with E-state index in [0.29, 0.717) is 17.4 Å². The van der Waals surface area contributed by atoms with Gasteiger partial charge in [-0.15, -0.1) is 0 Å². The van der Waals surface area contributed by atoms with Crippen molar-refractivity contribution in [3.05, 3.63) is 63.5 Å². The zero-order valence-corrected chi connectivity index (χ0v) is 14.1. The number of fused-ring (bicyclic) bond motifs is 3. The molecule has 2 amide bonds. The number of nitrogens with one attached hydrogen (secondary N) is 2. The molecule has 1 aromatic heterocycles. The summed E-state index contributed by atoms with van der Waals surface area (Å²) in [6.07, 6.45) is 0. The van der Waals surface area contributed by atoms with E-state index in [-0.39, 0.29) is 5.69 Å². The first-order chi connectivity index (χ1) is 12.6. The number of ether oxygens (including phenoxy) is 1. The molecule has 0 aliphatic carbocycles. The van der Waals surface area contributed by atoms with Crippen LogP contribution in [0.15, 0.2) is 48.5 Å². The van der Waals surface area contributed by atoms with Crippen LogP contribution in [0.2, 0.25) is 0 Å². The van der Waals surface area contributed by atoms with Gasteiger partial charge in [0, 0.05) is 23.4 Å². The molecule has 8 nitrogen and oxygen atoms in total. The molecule has 1 aliphatic rings. The van der Waals surface area contributed by atoms with E-state index in [4.69, 9.17) is 4.74 Å². The largest absolute Gasteiger partial charge is 0.487 e. The molecule has 0 saturated carbocycles. The first-order valence-electron chi connectivity index (χ1n) is 7.64. The van der Waals surface area contributed by atoms with Crippen molar-refractivity contribution < 1.29 is 14.5 Å². The van der Waals surface area contributed by atoms with Crippen LogP contribution < -0.4 is 15.4 Å². The van der Waals surface area contributed by atoms with Crippen molar-refractivity contribution in [2.75, 3.05) is 10.6 Å². The quantitative estimate of drug-likeness (QED) is 0.531. The summed E-state index contributed by atoms with van der Waals surface area (Å²) < 4.78 is 5.68. The van der Waals surface area contributed by atoms with Crippen LogP contribution in [0.1, 0.15) is 4.88 Å². The van der Waals surface area contributed by atoms with Crippen molar-refractivity contribution >= 4 is 33.9 Å². The maximum atomic E-state index is 12.1. The number of hydrogen-bond acceptors (Lipinski definition) is 6. The van der Waals surface area contributed by atoms with Gasteiger partial charge in [0.2, 0.25) is 0 Å². The van der Waals surface area contributed by atoms with E-state index in [0.717, 1.165) is 21.9 Å². The number of nitro benzene ring substituents is 1. The van der Waals surface area contributed by atoms with Crippen molar-refractivity contribution in [3.63, 3.8) is 0 Å². The molecule has 2 heterocycles. The third kappa shape index (κ3) is 3.07. The minimum atomic E-state index is -0.496. The Morgan fingerprint density at radius 3 is 2.69 bits per heavy atom. The van der Waals surface area contributed by atoms with Crippen molar-refractivity contribution in [3.8, 4) is 17.0 Å². The molecule has 4 rings (SSSR count). The van der Waals surface area contributed by atoms with Crippen LogP contribution in [0.3, 0.4) is 0 Å². The second kappa shape index (κ2) is 6.45. The number of nitro groups is 1. The molecule has 2 aromatic carbocycles. The van der Waals surface area contributed by atoms with E-state index in [1.807, 2.05) is 24.3 Å². The average Bonchev–Trinajstić information content (AvgIpc) is 3.05. The van der Waals surface area contributed by atoms with Gasteiger partial charge in [0.25, 0.3) is 5.69 Å². The molecular formula is C17H12N4O4S. The summed E-state index contributed by atoms with van der Waals surface area (Å²) in [6.45, 7) is 0.412. The highest BCUT2D eigenvalue weighted by Crippen LogP contribution is 2.40. The lowest BCUT2D eigenvalue weighted by atomic mass is 10.1. The minimum Gasteiger partial charge on any atom is -0.487 e. The van der Waals surface area contributed by atoms with E-state index in [9.17, 15) is 14.9 Å². The smallest absolute Gasteiger partial charge is 0.325 e. The summed E-state index contributed by atoms with van der Waals surface area (Å²) >= 11 is 1.35. The van der Waals surface area contributed by atoms with Gasteiger partial charge in [-0.3, -0.25) is 15.4 Å². The van der Waals surface area contributed by atoms with Crippen LogP contribution >= 0.6 is 11.3 Å². The van der Waals surface area contributed by atoms with Crippen molar-refractivity contribution in [1.29, 1.82) is 0 Å². The number of para-hydroxylation sites is 1. The number of carbonyl (C=O) groups is 1. The van der Waals surface area contributed by atoms with E-state index in [1.54, 1.807) is 0 Å². The van der Waals surface area contributed by atoms with Gasteiger partial charge in [-0.2, -0.15) is 0 Å². The Balaban J connectivity index is 1.48. The number of nitrogens with zero attached hydrogens (tertiary/aromatic N) is 2. The molecular weight excluding hydrogens is 356 g/mol. The van der Waals surface area contributed by atoms with Gasteiger partial charge < -0.3 is 10.1 Å². The fourth-order valence-corrected chi connectivity index (χ4v) is 3.46. The van der Waals surface area contributed by atoms with Crippen molar-refractivity contribution in [2.24, 2.45) is 0 Å². The third-order valence-corrected chi connectivity index (χ3v) is 4.70. The minimum absolute atomic E-state index is 0.0396.